The summed E-state index contributed by atoms with van der Waals surface area (Å²) in [5.74, 6) is -0.655. The van der Waals surface area contributed by atoms with Crippen LogP contribution in [-0.2, 0) is 10.9 Å². The molecule has 0 radical (unpaired) electrons. The number of aromatic nitrogens is 1. The molecule has 6 nitrogen and oxygen atoms in total. The summed E-state index contributed by atoms with van der Waals surface area (Å²) in [6.45, 7) is 3.90. The van der Waals surface area contributed by atoms with Crippen LogP contribution in [0.3, 0.4) is 0 Å². The summed E-state index contributed by atoms with van der Waals surface area (Å²) < 4.78 is 44.5. The standard InChI is InChI=1S/C26H24F3N3O3/c1-15-2-4-18(31-25(34)17-6-7-30-24(11-17)26(27,28)29)12-21(15)16-3-5-20-22(10-16)32-8-9-35-14-19(32)13-23(20)33/h2-7,10-12,19,23,33H,8-9,13-14H2,1H3,(H,31,34)/t19-,23-/m1/s1. The van der Waals surface area contributed by atoms with Crippen molar-refractivity contribution in [2.24, 2.45) is 0 Å². The third kappa shape index (κ3) is 4.61. The van der Waals surface area contributed by atoms with Crippen LogP contribution in [0.4, 0.5) is 24.5 Å². The highest BCUT2D eigenvalue weighted by Crippen LogP contribution is 2.41. The molecule has 1 aromatic heterocycles. The zero-order valence-corrected chi connectivity index (χ0v) is 19.0. The van der Waals surface area contributed by atoms with Crippen molar-refractivity contribution in [2.45, 2.75) is 31.7 Å². The quantitative estimate of drug-likeness (QED) is 0.550. The normalized spacial score (nSPS) is 19.6. The van der Waals surface area contributed by atoms with Crippen LogP contribution in [0.2, 0.25) is 0 Å². The molecule has 3 heterocycles. The maximum absolute atomic E-state index is 13.0. The number of halogens is 3. The zero-order valence-electron chi connectivity index (χ0n) is 19.0. The Balaban J connectivity index is 1.44. The molecule has 0 unspecified atom stereocenters. The lowest BCUT2D eigenvalue weighted by Gasteiger charge is -2.43. The van der Waals surface area contributed by atoms with E-state index in [2.05, 4.69) is 15.2 Å². The van der Waals surface area contributed by atoms with Crippen LogP contribution in [-0.4, -0.2) is 41.8 Å². The number of nitrogens with one attached hydrogen (secondary N) is 1. The topological polar surface area (TPSA) is 74.7 Å². The van der Waals surface area contributed by atoms with Crippen LogP contribution in [0.15, 0.2) is 54.7 Å². The number of ether oxygens (including phenoxy) is 1. The second kappa shape index (κ2) is 8.98. The highest BCUT2D eigenvalue weighted by Gasteiger charge is 2.34. The summed E-state index contributed by atoms with van der Waals surface area (Å²) in [4.78, 5) is 18.2. The van der Waals surface area contributed by atoms with Gasteiger partial charge in [0.05, 0.1) is 25.4 Å². The molecular formula is C26H24F3N3O3. The average molecular weight is 483 g/mol. The van der Waals surface area contributed by atoms with Crippen molar-refractivity contribution in [3.8, 4) is 11.1 Å². The molecule has 35 heavy (non-hydrogen) atoms. The second-order valence-corrected chi connectivity index (χ2v) is 8.86. The molecule has 3 aromatic rings. The Kier molecular flexibility index (Phi) is 5.98. The first kappa shape index (κ1) is 23.3. The minimum absolute atomic E-state index is 0.121. The number of carbonyl (C=O) groups excluding carboxylic acids is 1. The maximum atomic E-state index is 13.0. The molecule has 2 atom stereocenters. The Labute approximate surface area is 200 Å². The molecule has 0 saturated carbocycles. The number of hydrogen-bond acceptors (Lipinski definition) is 5. The van der Waals surface area contributed by atoms with Crippen molar-refractivity contribution in [1.29, 1.82) is 0 Å². The fraction of sp³-hybridized carbons (Fsp3) is 0.308. The number of morpholine rings is 1. The van der Waals surface area contributed by atoms with E-state index >= 15 is 0 Å². The monoisotopic (exact) mass is 483 g/mol. The van der Waals surface area contributed by atoms with E-state index in [1.165, 1.54) is 6.07 Å². The predicted octanol–water partition coefficient (Wildman–Crippen LogP) is 4.97. The number of benzene rings is 2. The van der Waals surface area contributed by atoms with Gasteiger partial charge in [-0.05, 0) is 53.9 Å². The predicted molar refractivity (Wildman–Crippen MR) is 125 cm³/mol. The number of alkyl halides is 3. The molecule has 1 fully saturated rings. The SMILES string of the molecule is Cc1ccc(NC(=O)c2ccnc(C(F)(F)F)c2)cc1-c1ccc2c(c1)N1CCOC[C@H]1C[C@H]2O. The van der Waals surface area contributed by atoms with Crippen LogP contribution >= 0.6 is 0 Å². The van der Waals surface area contributed by atoms with Crippen molar-refractivity contribution in [2.75, 3.05) is 30.0 Å². The summed E-state index contributed by atoms with van der Waals surface area (Å²) in [5, 5.41) is 13.3. The van der Waals surface area contributed by atoms with Crippen LogP contribution < -0.4 is 10.2 Å². The number of hydrogen-bond donors (Lipinski definition) is 2. The highest BCUT2D eigenvalue weighted by atomic mass is 19.4. The number of nitrogens with zero attached hydrogens (tertiary/aromatic N) is 2. The number of pyridine rings is 1. The number of aliphatic hydroxyl groups excluding tert-OH is 1. The molecule has 2 aromatic carbocycles. The van der Waals surface area contributed by atoms with E-state index in [0.29, 0.717) is 25.3 Å². The summed E-state index contributed by atoms with van der Waals surface area (Å²) in [6, 6.07) is 13.4. The van der Waals surface area contributed by atoms with E-state index in [1.807, 2.05) is 31.2 Å². The molecule has 0 bridgehead atoms. The molecule has 9 heteroatoms. The minimum atomic E-state index is -4.63. The Bertz CT molecular complexity index is 1280. The van der Waals surface area contributed by atoms with Crippen molar-refractivity contribution in [1.82, 2.24) is 4.98 Å². The number of aliphatic hydroxyl groups is 1. The smallest absolute Gasteiger partial charge is 0.388 e. The van der Waals surface area contributed by atoms with Crippen molar-refractivity contribution < 1.29 is 27.8 Å². The van der Waals surface area contributed by atoms with E-state index in [0.717, 1.165) is 46.7 Å². The van der Waals surface area contributed by atoms with Gasteiger partial charge in [-0.2, -0.15) is 13.2 Å². The van der Waals surface area contributed by atoms with Gasteiger partial charge in [0.15, 0.2) is 0 Å². The molecule has 2 aliphatic rings. The van der Waals surface area contributed by atoms with Gasteiger partial charge in [-0.3, -0.25) is 9.78 Å². The lowest BCUT2D eigenvalue weighted by atomic mass is 9.89. The highest BCUT2D eigenvalue weighted by molar-refractivity contribution is 6.04. The van der Waals surface area contributed by atoms with Gasteiger partial charge in [-0.25, -0.2) is 0 Å². The number of fused-ring (bicyclic) bond motifs is 3. The third-order valence-corrected chi connectivity index (χ3v) is 6.54. The lowest BCUT2D eigenvalue weighted by Crippen LogP contribution is -2.49. The molecule has 0 aliphatic carbocycles. The Hall–Kier alpha value is -3.43. The number of rotatable bonds is 3. The second-order valence-electron chi connectivity index (χ2n) is 8.86. The van der Waals surface area contributed by atoms with E-state index in [1.54, 1.807) is 12.1 Å². The van der Waals surface area contributed by atoms with Crippen LogP contribution in [0.5, 0.6) is 0 Å². The number of carbonyl (C=O) groups is 1. The van der Waals surface area contributed by atoms with Gasteiger partial charge >= 0.3 is 6.18 Å². The van der Waals surface area contributed by atoms with Gasteiger partial charge in [0, 0.05) is 41.7 Å². The molecule has 2 aliphatic heterocycles. The van der Waals surface area contributed by atoms with Gasteiger partial charge < -0.3 is 20.1 Å². The summed E-state index contributed by atoms with van der Waals surface area (Å²) in [5.41, 5.74) is 3.83. The van der Waals surface area contributed by atoms with Gasteiger partial charge in [-0.1, -0.05) is 18.2 Å². The molecule has 1 saturated heterocycles. The first-order valence-corrected chi connectivity index (χ1v) is 11.3. The van der Waals surface area contributed by atoms with Crippen LogP contribution in [0.25, 0.3) is 11.1 Å². The van der Waals surface area contributed by atoms with Crippen molar-refractivity contribution in [3.63, 3.8) is 0 Å². The van der Waals surface area contributed by atoms with Gasteiger partial charge in [0.25, 0.3) is 5.91 Å². The van der Waals surface area contributed by atoms with E-state index in [9.17, 15) is 23.1 Å². The first-order valence-electron chi connectivity index (χ1n) is 11.3. The fourth-order valence-corrected chi connectivity index (χ4v) is 4.73. The van der Waals surface area contributed by atoms with Crippen LogP contribution in [0.1, 0.15) is 39.7 Å². The van der Waals surface area contributed by atoms with Crippen LogP contribution in [0, 0.1) is 6.92 Å². The first-order chi connectivity index (χ1) is 16.7. The third-order valence-electron chi connectivity index (χ3n) is 6.54. The number of amides is 1. The molecule has 0 spiro atoms. The molecular weight excluding hydrogens is 459 g/mol. The van der Waals surface area contributed by atoms with Gasteiger partial charge in [0.1, 0.15) is 5.69 Å². The van der Waals surface area contributed by atoms with Gasteiger partial charge in [0.2, 0.25) is 0 Å². The number of anilines is 2. The largest absolute Gasteiger partial charge is 0.433 e. The van der Waals surface area contributed by atoms with E-state index < -0.39 is 23.9 Å². The lowest BCUT2D eigenvalue weighted by molar-refractivity contribution is -0.141. The van der Waals surface area contributed by atoms with Crippen molar-refractivity contribution >= 4 is 17.3 Å². The Morgan fingerprint density at radius 3 is 2.80 bits per heavy atom. The van der Waals surface area contributed by atoms with Crippen molar-refractivity contribution in [3.05, 3.63) is 77.1 Å². The van der Waals surface area contributed by atoms with Gasteiger partial charge in [-0.15, -0.1) is 0 Å². The molecule has 182 valence electrons. The summed E-state index contributed by atoms with van der Waals surface area (Å²) in [6.07, 6.45) is -3.60. The average Bonchev–Trinajstić information content (AvgIpc) is 2.84. The number of aryl methyl sites for hydroxylation is 1. The Morgan fingerprint density at radius 2 is 2.00 bits per heavy atom. The summed E-state index contributed by atoms with van der Waals surface area (Å²) >= 11 is 0. The fourth-order valence-electron chi connectivity index (χ4n) is 4.73. The minimum Gasteiger partial charge on any atom is -0.388 e. The maximum Gasteiger partial charge on any atom is 0.433 e. The molecule has 1 amide bonds. The molecule has 2 N–H and O–H groups in total. The van der Waals surface area contributed by atoms with E-state index in [-0.39, 0.29) is 11.6 Å². The Morgan fingerprint density at radius 1 is 1.17 bits per heavy atom. The molecule has 5 rings (SSSR count). The summed E-state index contributed by atoms with van der Waals surface area (Å²) in [7, 11) is 0. The zero-order chi connectivity index (χ0) is 24.7. The van der Waals surface area contributed by atoms with E-state index in [4.69, 9.17) is 4.74 Å².